The van der Waals surface area contributed by atoms with Crippen LogP contribution >= 0.6 is 0 Å². The molecule has 7 nitrogen and oxygen atoms in total. The van der Waals surface area contributed by atoms with Gasteiger partial charge in [-0.15, -0.1) is 0 Å². The van der Waals surface area contributed by atoms with E-state index in [0.29, 0.717) is 23.6 Å². The zero-order valence-corrected chi connectivity index (χ0v) is 16.0. The van der Waals surface area contributed by atoms with Crippen molar-refractivity contribution in [3.8, 4) is 5.75 Å². The van der Waals surface area contributed by atoms with Gasteiger partial charge in [-0.05, 0) is 18.6 Å². The number of para-hydroxylation sites is 2. The lowest BCUT2D eigenvalue weighted by molar-refractivity contribution is -0.183. The number of hydrogen-bond donors (Lipinski definition) is 2. The van der Waals surface area contributed by atoms with Gasteiger partial charge in [0, 0.05) is 17.5 Å². The van der Waals surface area contributed by atoms with E-state index in [1.54, 1.807) is 24.3 Å². The second-order valence-corrected chi connectivity index (χ2v) is 7.43. The smallest absolute Gasteiger partial charge is 0.334 e. The summed E-state index contributed by atoms with van der Waals surface area (Å²) in [6, 6.07) is 6.80. The molecule has 0 fully saturated rings. The van der Waals surface area contributed by atoms with Crippen molar-refractivity contribution >= 4 is 23.2 Å². The average Bonchev–Trinajstić information content (AvgIpc) is 2.92. The third-order valence-electron chi connectivity index (χ3n) is 4.52. The number of aliphatic hydroxyl groups is 1. The second-order valence-electron chi connectivity index (χ2n) is 7.43. The molecule has 1 aliphatic rings. The van der Waals surface area contributed by atoms with Crippen LogP contribution in [-0.4, -0.2) is 40.5 Å². The summed E-state index contributed by atoms with van der Waals surface area (Å²) in [6.45, 7) is 7.44. The Morgan fingerprint density at radius 2 is 2.00 bits per heavy atom. The van der Waals surface area contributed by atoms with Crippen LogP contribution in [0.5, 0.6) is 5.75 Å². The van der Waals surface area contributed by atoms with Gasteiger partial charge in [0.05, 0.1) is 12.8 Å². The highest BCUT2D eigenvalue weighted by Gasteiger charge is 2.53. The van der Waals surface area contributed by atoms with Crippen LogP contribution in [0.1, 0.15) is 47.0 Å². The molecular weight excluding hydrogens is 334 g/mol. The first-order valence-electron chi connectivity index (χ1n) is 8.71. The van der Waals surface area contributed by atoms with Gasteiger partial charge in [0.15, 0.2) is 5.72 Å². The highest BCUT2D eigenvalue weighted by Crippen LogP contribution is 2.41. The number of hydrazone groups is 1. The SMILES string of the molecule is CCCC1=NN(C(=O)C(=O)Nc2ccccc2OC)C(O)(C(C)(C)C)C1. The number of amides is 2. The third kappa shape index (κ3) is 3.72. The lowest BCUT2D eigenvalue weighted by Gasteiger charge is -2.41. The molecule has 1 aromatic rings. The lowest BCUT2D eigenvalue weighted by Crippen LogP contribution is -2.57. The van der Waals surface area contributed by atoms with Crippen molar-refractivity contribution < 1.29 is 19.4 Å². The topological polar surface area (TPSA) is 91.2 Å². The minimum atomic E-state index is -1.55. The van der Waals surface area contributed by atoms with Crippen LogP contribution in [0.2, 0.25) is 0 Å². The normalized spacial score (nSPS) is 19.9. The van der Waals surface area contributed by atoms with Crippen molar-refractivity contribution in [3.05, 3.63) is 24.3 Å². The van der Waals surface area contributed by atoms with Crippen LogP contribution in [0.4, 0.5) is 5.69 Å². The summed E-state index contributed by atoms with van der Waals surface area (Å²) in [5, 5.41) is 18.9. The van der Waals surface area contributed by atoms with E-state index in [0.717, 1.165) is 11.4 Å². The molecule has 0 bridgehead atoms. The quantitative estimate of drug-likeness (QED) is 0.807. The predicted octanol–water partition coefficient (Wildman–Crippen LogP) is 2.76. The number of carbonyl (C=O) groups is 2. The van der Waals surface area contributed by atoms with E-state index in [1.807, 2.05) is 27.7 Å². The van der Waals surface area contributed by atoms with Gasteiger partial charge in [-0.3, -0.25) is 9.59 Å². The first kappa shape index (κ1) is 19.9. The predicted molar refractivity (Wildman–Crippen MR) is 99.8 cm³/mol. The summed E-state index contributed by atoms with van der Waals surface area (Å²) < 4.78 is 5.18. The van der Waals surface area contributed by atoms with E-state index in [2.05, 4.69) is 10.4 Å². The minimum absolute atomic E-state index is 0.234. The molecule has 1 aliphatic heterocycles. The fourth-order valence-electron chi connectivity index (χ4n) is 2.86. The maximum atomic E-state index is 12.8. The third-order valence-corrected chi connectivity index (χ3v) is 4.52. The lowest BCUT2D eigenvalue weighted by atomic mass is 9.79. The van der Waals surface area contributed by atoms with Crippen molar-refractivity contribution in [3.63, 3.8) is 0 Å². The number of ether oxygens (including phenoxy) is 1. The summed E-state index contributed by atoms with van der Waals surface area (Å²) >= 11 is 0. The molecule has 0 aromatic heterocycles. The first-order chi connectivity index (χ1) is 12.1. The zero-order chi connectivity index (χ0) is 19.5. The monoisotopic (exact) mass is 361 g/mol. The van der Waals surface area contributed by atoms with Crippen molar-refractivity contribution in [1.29, 1.82) is 0 Å². The van der Waals surface area contributed by atoms with Gasteiger partial charge in [0.1, 0.15) is 5.75 Å². The standard InChI is InChI=1S/C19H27N3O4/c1-6-9-13-12-19(25,18(2,3)4)22(21-13)17(24)16(23)20-14-10-7-8-11-15(14)26-5/h7-8,10-11,25H,6,9,12H2,1-5H3,(H,20,23). The molecule has 7 heteroatoms. The van der Waals surface area contributed by atoms with Crippen LogP contribution in [0, 0.1) is 5.41 Å². The Morgan fingerprint density at radius 3 is 2.58 bits per heavy atom. The van der Waals surface area contributed by atoms with Crippen LogP contribution in [0.15, 0.2) is 29.4 Å². The van der Waals surface area contributed by atoms with E-state index in [9.17, 15) is 14.7 Å². The molecule has 142 valence electrons. The molecule has 26 heavy (non-hydrogen) atoms. The van der Waals surface area contributed by atoms with E-state index >= 15 is 0 Å². The number of nitrogens with one attached hydrogen (secondary N) is 1. The van der Waals surface area contributed by atoms with Crippen LogP contribution < -0.4 is 10.1 Å². The maximum Gasteiger partial charge on any atom is 0.334 e. The van der Waals surface area contributed by atoms with Crippen LogP contribution in [0.25, 0.3) is 0 Å². The fraction of sp³-hybridized carbons (Fsp3) is 0.526. The van der Waals surface area contributed by atoms with Gasteiger partial charge in [-0.2, -0.15) is 10.1 Å². The van der Waals surface area contributed by atoms with Gasteiger partial charge < -0.3 is 15.2 Å². The van der Waals surface area contributed by atoms with Crippen molar-refractivity contribution in [2.45, 2.75) is 52.7 Å². The molecule has 0 aliphatic carbocycles. The van der Waals surface area contributed by atoms with Crippen LogP contribution in [-0.2, 0) is 9.59 Å². The number of anilines is 1. The van der Waals surface area contributed by atoms with Crippen LogP contribution in [0.3, 0.4) is 0 Å². The molecule has 0 radical (unpaired) electrons. The number of methoxy groups -OCH3 is 1. The molecule has 1 unspecified atom stereocenters. The maximum absolute atomic E-state index is 12.8. The van der Waals surface area contributed by atoms with Gasteiger partial charge in [-0.25, -0.2) is 0 Å². The Hall–Kier alpha value is -2.41. The minimum Gasteiger partial charge on any atom is -0.495 e. The molecule has 2 rings (SSSR count). The Bertz CT molecular complexity index is 724. The summed E-state index contributed by atoms with van der Waals surface area (Å²) in [5.41, 5.74) is -1.13. The summed E-state index contributed by atoms with van der Waals surface area (Å²) in [5.74, 6) is -1.34. The highest BCUT2D eigenvalue weighted by molar-refractivity contribution is 6.40. The number of benzene rings is 1. The van der Waals surface area contributed by atoms with Gasteiger partial charge >= 0.3 is 11.8 Å². The van der Waals surface area contributed by atoms with E-state index in [1.165, 1.54) is 7.11 Å². The molecule has 0 spiro atoms. The number of hydrogen-bond acceptors (Lipinski definition) is 5. The first-order valence-corrected chi connectivity index (χ1v) is 8.71. The van der Waals surface area contributed by atoms with Gasteiger partial charge in [-0.1, -0.05) is 46.2 Å². The van der Waals surface area contributed by atoms with Gasteiger partial charge in [0.25, 0.3) is 0 Å². The molecule has 2 N–H and O–H groups in total. The molecule has 0 saturated heterocycles. The summed E-state index contributed by atoms with van der Waals surface area (Å²) in [7, 11) is 1.48. The zero-order valence-electron chi connectivity index (χ0n) is 16.0. The number of rotatable bonds is 4. The molecular formula is C19H27N3O4. The Kier molecular flexibility index (Phi) is 5.71. The molecule has 1 atom stereocenters. The molecule has 1 aromatic carbocycles. The highest BCUT2D eigenvalue weighted by atomic mass is 16.5. The van der Waals surface area contributed by atoms with E-state index < -0.39 is 23.0 Å². The van der Waals surface area contributed by atoms with Crippen molar-refractivity contribution in [2.75, 3.05) is 12.4 Å². The van der Waals surface area contributed by atoms with Gasteiger partial charge in [0.2, 0.25) is 0 Å². The Balaban J connectivity index is 2.28. The number of carbonyl (C=O) groups excluding carboxylic acids is 2. The fourth-order valence-corrected chi connectivity index (χ4v) is 2.86. The Morgan fingerprint density at radius 1 is 1.35 bits per heavy atom. The molecule has 1 heterocycles. The van der Waals surface area contributed by atoms with Crippen molar-refractivity contribution in [1.82, 2.24) is 5.01 Å². The average molecular weight is 361 g/mol. The van der Waals surface area contributed by atoms with E-state index in [-0.39, 0.29) is 6.42 Å². The number of nitrogens with zero attached hydrogens (tertiary/aromatic N) is 2. The summed E-state index contributed by atoms with van der Waals surface area (Å²) in [6.07, 6.45) is 1.74. The van der Waals surface area contributed by atoms with Crippen molar-refractivity contribution in [2.24, 2.45) is 10.5 Å². The largest absolute Gasteiger partial charge is 0.495 e. The Labute approximate surface area is 154 Å². The molecule has 2 amide bonds. The second kappa shape index (κ2) is 7.45. The molecule has 0 saturated carbocycles. The van der Waals surface area contributed by atoms with E-state index in [4.69, 9.17) is 4.74 Å². The summed E-state index contributed by atoms with van der Waals surface area (Å²) in [4.78, 5) is 25.3.